The maximum absolute atomic E-state index is 11.8. The molecule has 0 saturated carbocycles. The lowest BCUT2D eigenvalue weighted by Gasteiger charge is -2.07. The molecule has 1 aromatic rings. The molecule has 0 radical (unpaired) electrons. The fourth-order valence-electron chi connectivity index (χ4n) is 1.32. The summed E-state index contributed by atoms with van der Waals surface area (Å²) < 4.78 is 26.1. The summed E-state index contributed by atoms with van der Waals surface area (Å²) in [7, 11) is -1.73. The van der Waals surface area contributed by atoms with Crippen molar-refractivity contribution >= 4 is 22.4 Å². The van der Waals surface area contributed by atoms with Crippen molar-refractivity contribution in [2.45, 2.75) is 11.8 Å². The van der Waals surface area contributed by atoms with Gasteiger partial charge in [0.05, 0.1) is 16.5 Å². The number of hydrogen-bond donors (Lipinski definition) is 2. The zero-order chi connectivity index (χ0) is 12.9. The SMILES string of the molecule is CNCCNS(=O)(=O)c1ccc(C#N)c(C)c1.Cl. The third kappa shape index (κ3) is 4.27. The Morgan fingerprint density at radius 2 is 2.00 bits per heavy atom. The second-order valence-electron chi connectivity index (χ2n) is 3.59. The molecule has 0 saturated heterocycles. The van der Waals surface area contributed by atoms with Crippen molar-refractivity contribution in [3.05, 3.63) is 29.3 Å². The van der Waals surface area contributed by atoms with Crippen molar-refractivity contribution in [2.24, 2.45) is 0 Å². The minimum absolute atomic E-state index is 0. The van der Waals surface area contributed by atoms with Gasteiger partial charge in [0.1, 0.15) is 0 Å². The van der Waals surface area contributed by atoms with E-state index in [-0.39, 0.29) is 17.3 Å². The first-order valence-electron chi connectivity index (χ1n) is 5.16. The van der Waals surface area contributed by atoms with Crippen LogP contribution in [-0.2, 0) is 10.0 Å². The molecule has 0 atom stereocenters. The maximum atomic E-state index is 11.8. The van der Waals surface area contributed by atoms with Crippen LogP contribution in [0, 0.1) is 18.3 Å². The number of nitrogens with one attached hydrogen (secondary N) is 2. The Hall–Kier alpha value is -1.13. The normalized spacial score (nSPS) is 10.5. The highest BCUT2D eigenvalue weighted by molar-refractivity contribution is 7.89. The van der Waals surface area contributed by atoms with E-state index in [9.17, 15) is 8.42 Å². The molecule has 1 rings (SSSR count). The highest BCUT2D eigenvalue weighted by Crippen LogP contribution is 2.14. The smallest absolute Gasteiger partial charge is 0.240 e. The third-order valence-electron chi connectivity index (χ3n) is 2.30. The molecule has 0 aliphatic heterocycles. The van der Waals surface area contributed by atoms with Gasteiger partial charge in [0.25, 0.3) is 0 Å². The summed E-state index contributed by atoms with van der Waals surface area (Å²) in [6.07, 6.45) is 0. The average molecular weight is 290 g/mol. The summed E-state index contributed by atoms with van der Waals surface area (Å²) in [5, 5.41) is 11.6. The molecule has 0 aromatic heterocycles. The van der Waals surface area contributed by atoms with Gasteiger partial charge >= 0.3 is 0 Å². The number of hydrogen-bond acceptors (Lipinski definition) is 4. The number of likely N-dealkylation sites (N-methyl/N-ethyl adjacent to an activating group) is 1. The van der Waals surface area contributed by atoms with Crippen molar-refractivity contribution < 1.29 is 8.42 Å². The highest BCUT2D eigenvalue weighted by atomic mass is 35.5. The topological polar surface area (TPSA) is 82.0 Å². The zero-order valence-electron chi connectivity index (χ0n) is 10.2. The first-order chi connectivity index (χ1) is 8.01. The molecule has 0 aliphatic carbocycles. The number of benzene rings is 1. The number of nitrogens with zero attached hydrogens (tertiary/aromatic N) is 1. The largest absolute Gasteiger partial charge is 0.318 e. The minimum atomic E-state index is -3.48. The first-order valence-corrected chi connectivity index (χ1v) is 6.64. The number of sulfonamides is 1. The van der Waals surface area contributed by atoms with Crippen molar-refractivity contribution in [3.8, 4) is 6.07 Å². The Morgan fingerprint density at radius 3 is 2.50 bits per heavy atom. The Morgan fingerprint density at radius 1 is 1.33 bits per heavy atom. The molecule has 18 heavy (non-hydrogen) atoms. The second-order valence-corrected chi connectivity index (χ2v) is 5.36. The number of rotatable bonds is 5. The van der Waals surface area contributed by atoms with Crippen molar-refractivity contribution in [2.75, 3.05) is 20.1 Å². The summed E-state index contributed by atoms with van der Waals surface area (Å²) in [6.45, 7) is 2.61. The van der Waals surface area contributed by atoms with Crippen LogP contribution in [0.25, 0.3) is 0 Å². The van der Waals surface area contributed by atoms with E-state index in [2.05, 4.69) is 10.0 Å². The molecule has 5 nitrogen and oxygen atoms in total. The molecule has 2 N–H and O–H groups in total. The van der Waals surface area contributed by atoms with Gasteiger partial charge in [-0.2, -0.15) is 5.26 Å². The van der Waals surface area contributed by atoms with E-state index in [1.54, 1.807) is 14.0 Å². The standard InChI is InChI=1S/C11H15N3O2S.ClH/c1-9-7-11(4-3-10(9)8-12)17(15,16)14-6-5-13-2;/h3-4,7,13-14H,5-6H2,1-2H3;1H. The van der Waals surface area contributed by atoms with Crippen LogP contribution in [-0.4, -0.2) is 28.6 Å². The van der Waals surface area contributed by atoms with E-state index in [0.29, 0.717) is 24.2 Å². The number of nitriles is 1. The molecular formula is C11H16ClN3O2S. The molecule has 0 amide bonds. The Bertz CT molecular complexity index is 538. The molecule has 0 spiro atoms. The van der Waals surface area contributed by atoms with Crippen LogP contribution in [0.3, 0.4) is 0 Å². The second kappa shape index (κ2) is 7.34. The van der Waals surface area contributed by atoms with Crippen LogP contribution < -0.4 is 10.0 Å². The Kier molecular flexibility index (Phi) is 6.88. The van der Waals surface area contributed by atoms with E-state index in [1.165, 1.54) is 18.2 Å². The third-order valence-corrected chi connectivity index (χ3v) is 3.75. The molecule has 0 fully saturated rings. The predicted octanol–water partition coefficient (Wildman–Crippen LogP) is 0.786. The number of aryl methyl sites for hydroxylation is 1. The van der Waals surface area contributed by atoms with Crippen LogP contribution in [0.1, 0.15) is 11.1 Å². The highest BCUT2D eigenvalue weighted by Gasteiger charge is 2.14. The summed E-state index contributed by atoms with van der Waals surface area (Å²) in [5.74, 6) is 0. The van der Waals surface area contributed by atoms with Gasteiger partial charge in [-0.1, -0.05) is 0 Å². The lowest BCUT2D eigenvalue weighted by Crippen LogP contribution is -2.30. The summed E-state index contributed by atoms with van der Waals surface area (Å²) >= 11 is 0. The summed E-state index contributed by atoms with van der Waals surface area (Å²) in [5.41, 5.74) is 1.14. The first kappa shape index (κ1) is 16.9. The fraction of sp³-hybridized carbons (Fsp3) is 0.364. The lowest BCUT2D eigenvalue weighted by atomic mass is 10.1. The molecule has 0 heterocycles. The van der Waals surface area contributed by atoms with Crippen molar-refractivity contribution in [3.63, 3.8) is 0 Å². The zero-order valence-corrected chi connectivity index (χ0v) is 11.9. The van der Waals surface area contributed by atoms with E-state index >= 15 is 0 Å². The van der Waals surface area contributed by atoms with Gasteiger partial charge in [-0.05, 0) is 37.7 Å². The van der Waals surface area contributed by atoms with Gasteiger partial charge in [-0.15, -0.1) is 12.4 Å². The van der Waals surface area contributed by atoms with Crippen molar-refractivity contribution in [1.82, 2.24) is 10.0 Å². The van der Waals surface area contributed by atoms with Gasteiger partial charge < -0.3 is 5.32 Å². The molecule has 0 aliphatic rings. The monoisotopic (exact) mass is 289 g/mol. The minimum Gasteiger partial charge on any atom is -0.318 e. The predicted molar refractivity (Wildman–Crippen MR) is 72.3 cm³/mol. The van der Waals surface area contributed by atoms with Crippen LogP contribution in [0.4, 0.5) is 0 Å². The van der Waals surface area contributed by atoms with E-state index < -0.39 is 10.0 Å². The van der Waals surface area contributed by atoms with E-state index in [4.69, 9.17) is 5.26 Å². The van der Waals surface area contributed by atoms with Gasteiger partial charge in [-0.25, -0.2) is 13.1 Å². The Labute approximate surface area is 114 Å². The quantitative estimate of drug-likeness (QED) is 0.785. The average Bonchev–Trinajstić information content (AvgIpc) is 2.29. The Balaban J connectivity index is 0.00000289. The van der Waals surface area contributed by atoms with Gasteiger partial charge in [0.15, 0.2) is 0 Å². The maximum Gasteiger partial charge on any atom is 0.240 e. The van der Waals surface area contributed by atoms with Crippen LogP contribution in [0.15, 0.2) is 23.1 Å². The molecule has 100 valence electrons. The lowest BCUT2D eigenvalue weighted by molar-refractivity contribution is 0.579. The summed E-state index contributed by atoms with van der Waals surface area (Å²) in [4.78, 5) is 0.185. The fourth-order valence-corrected chi connectivity index (χ4v) is 2.44. The summed E-state index contributed by atoms with van der Waals surface area (Å²) in [6, 6.07) is 6.45. The molecular weight excluding hydrogens is 274 g/mol. The van der Waals surface area contributed by atoms with Gasteiger partial charge in [0.2, 0.25) is 10.0 Å². The molecule has 7 heteroatoms. The number of halogens is 1. The van der Waals surface area contributed by atoms with Crippen molar-refractivity contribution in [1.29, 1.82) is 5.26 Å². The molecule has 0 unspecified atom stereocenters. The van der Waals surface area contributed by atoms with Crippen LogP contribution in [0.2, 0.25) is 0 Å². The van der Waals surface area contributed by atoms with Crippen LogP contribution in [0.5, 0.6) is 0 Å². The molecule has 0 bridgehead atoms. The van der Waals surface area contributed by atoms with Crippen LogP contribution >= 0.6 is 12.4 Å². The van der Waals surface area contributed by atoms with Gasteiger partial charge in [-0.3, -0.25) is 0 Å². The molecule has 1 aromatic carbocycles. The van der Waals surface area contributed by atoms with Gasteiger partial charge in [0, 0.05) is 13.1 Å². The van der Waals surface area contributed by atoms with E-state index in [1.807, 2.05) is 6.07 Å². The van der Waals surface area contributed by atoms with E-state index in [0.717, 1.165) is 0 Å².